The number of hydrogen-bond acceptors (Lipinski definition) is 5. The van der Waals surface area contributed by atoms with Crippen LogP contribution in [0.25, 0.3) is 0 Å². The molecule has 0 atom stereocenters. The minimum atomic E-state index is -0.0494. The van der Waals surface area contributed by atoms with E-state index in [1.165, 1.54) is 11.3 Å². The van der Waals surface area contributed by atoms with Crippen LogP contribution in [0.5, 0.6) is 0 Å². The zero-order valence-corrected chi connectivity index (χ0v) is 15.9. The largest absolute Gasteiger partial charge is 0.378 e. The van der Waals surface area contributed by atoms with E-state index in [1.54, 1.807) is 0 Å². The second kappa shape index (κ2) is 6.81. The first-order valence-electron chi connectivity index (χ1n) is 8.83. The molecule has 1 N–H and O–H groups in total. The van der Waals surface area contributed by atoms with Gasteiger partial charge in [-0.25, -0.2) is 0 Å². The summed E-state index contributed by atoms with van der Waals surface area (Å²) < 4.78 is 11.0. The number of anilines is 1. The van der Waals surface area contributed by atoms with Gasteiger partial charge in [0.15, 0.2) is 0 Å². The number of hydrogen-bond donors (Lipinski definition) is 1. The Kier molecular flexibility index (Phi) is 4.89. The number of ether oxygens (including phenoxy) is 1. The average Bonchev–Trinajstić information content (AvgIpc) is 2.99. The first-order chi connectivity index (χ1) is 11.8. The van der Waals surface area contributed by atoms with E-state index >= 15 is 0 Å². The number of benzene rings is 1. The molecule has 136 valence electrons. The smallest absolute Gasteiger partial charge is 0.142 e. The Morgan fingerprint density at radius 3 is 2.32 bits per heavy atom. The monoisotopic (exact) mass is 343 g/mol. The zero-order valence-electron chi connectivity index (χ0n) is 15.9. The average molecular weight is 343 g/mol. The van der Waals surface area contributed by atoms with Gasteiger partial charge in [0.2, 0.25) is 0 Å². The molecule has 1 saturated heterocycles. The fourth-order valence-corrected chi connectivity index (χ4v) is 2.91. The van der Waals surface area contributed by atoms with Crippen LogP contribution >= 0.6 is 0 Å². The summed E-state index contributed by atoms with van der Waals surface area (Å²) in [5.74, 6) is 0.928. The lowest BCUT2D eigenvalue weighted by Crippen LogP contribution is -2.61. The normalized spacial score (nSPS) is 16.5. The third-order valence-electron chi connectivity index (χ3n) is 4.69. The molecule has 0 aliphatic carbocycles. The van der Waals surface area contributed by atoms with Gasteiger partial charge in [0.25, 0.3) is 0 Å². The Labute approximate surface area is 150 Å². The summed E-state index contributed by atoms with van der Waals surface area (Å²) in [7, 11) is 4.11. The Morgan fingerprint density at radius 2 is 1.84 bits per heavy atom. The van der Waals surface area contributed by atoms with Crippen molar-refractivity contribution < 1.29 is 9.26 Å². The molecule has 0 spiro atoms. The Balaban J connectivity index is 1.62. The molecule has 0 saturated carbocycles. The molecule has 2 aromatic rings. The summed E-state index contributed by atoms with van der Waals surface area (Å²) in [6, 6.07) is 10.7. The van der Waals surface area contributed by atoms with Crippen molar-refractivity contribution in [3.8, 4) is 0 Å². The fourth-order valence-electron chi connectivity index (χ4n) is 2.91. The maximum atomic E-state index is 5.52. The van der Waals surface area contributed by atoms with Gasteiger partial charge in [0.1, 0.15) is 5.76 Å². The third-order valence-corrected chi connectivity index (χ3v) is 4.69. The molecule has 2 heterocycles. The van der Waals surface area contributed by atoms with E-state index in [4.69, 9.17) is 9.26 Å². The third kappa shape index (κ3) is 4.22. The van der Waals surface area contributed by atoms with Crippen molar-refractivity contribution >= 4 is 5.69 Å². The van der Waals surface area contributed by atoms with Gasteiger partial charge in [-0.15, -0.1) is 0 Å². The summed E-state index contributed by atoms with van der Waals surface area (Å²) in [5, 5.41) is 7.93. The summed E-state index contributed by atoms with van der Waals surface area (Å²) in [4.78, 5) is 2.11. The first kappa shape index (κ1) is 18.0. The molecule has 0 radical (unpaired) electrons. The molecule has 0 unspecified atom stereocenters. The molecule has 25 heavy (non-hydrogen) atoms. The van der Waals surface area contributed by atoms with Gasteiger partial charge in [-0.1, -0.05) is 38.1 Å². The van der Waals surface area contributed by atoms with Crippen molar-refractivity contribution in [1.82, 2.24) is 10.5 Å². The molecule has 0 amide bonds. The van der Waals surface area contributed by atoms with E-state index in [0.29, 0.717) is 13.2 Å². The first-order valence-corrected chi connectivity index (χ1v) is 8.83. The zero-order chi connectivity index (χ0) is 18.1. The van der Waals surface area contributed by atoms with E-state index in [9.17, 15) is 0 Å². The van der Waals surface area contributed by atoms with Crippen molar-refractivity contribution in [3.05, 3.63) is 47.3 Å². The highest BCUT2D eigenvalue weighted by molar-refractivity contribution is 5.46. The molecular weight excluding hydrogens is 314 g/mol. The van der Waals surface area contributed by atoms with E-state index in [2.05, 4.69) is 80.6 Å². The summed E-state index contributed by atoms with van der Waals surface area (Å²) in [6.45, 7) is 8.64. The van der Waals surface area contributed by atoms with Gasteiger partial charge in [0.05, 0.1) is 24.4 Å². The Morgan fingerprint density at radius 1 is 1.16 bits per heavy atom. The van der Waals surface area contributed by atoms with Crippen LogP contribution in [0.3, 0.4) is 0 Å². The fraction of sp³-hybridized carbons (Fsp3) is 0.550. The summed E-state index contributed by atoms with van der Waals surface area (Å²) >= 11 is 0. The predicted molar refractivity (Wildman–Crippen MR) is 100 cm³/mol. The van der Waals surface area contributed by atoms with Gasteiger partial charge in [-0.2, -0.15) is 0 Å². The molecule has 3 rings (SSSR count). The minimum Gasteiger partial charge on any atom is -0.378 e. The molecule has 5 heteroatoms. The van der Waals surface area contributed by atoms with Crippen LogP contribution in [0.2, 0.25) is 0 Å². The molecule has 5 nitrogen and oxygen atoms in total. The summed E-state index contributed by atoms with van der Waals surface area (Å²) in [5.41, 5.74) is 3.40. The van der Waals surface area contributed by atoms with E-state index in [0.717, 1.165) is 24.4 Å². The lowest BCUT2D eigenvalue weighted by atomic mass is 9.89. The van der Waals surface area contributed by atoms with Gasteiger partial charge in [-0.05, 0) is 17.7 Å². The molecule has 1 aromatic carbocycles. The van der Waals surface area contributed by atoms with Crippen molar-refractivity contribution in [2.24, 2.45) is 0 Å². The molecule has 1 fully saturated rings. The predicted octanol–water partition coefficient (Wildman–Crippen LogP) is 3.14. The molecule has 0 bridgehead atoms. The van der Waals surface area contributed by atoms with Crippen LogP contribution in [0, 0.1) is 0 Å². The number of nitrogens with one attached hydrogen (secondary N) is 1. The van der Waals surface area contributed by atoms with Crippen molar-refractivity contribution in [2.75, 3.05) is 32.2 Å². The molecule has 1 aliphatic rings. The van der Waals surface area contributed by atoms with Crippen LogP contribution in [0.4, 0.5) is 5.69 Å². The number of rotatable bonds is 6. The van der Waals surface area contributed by atoms with Gasteiger partial charge >= 0.3 is 0 Å². The van der Waals surface area contributed by atoms with Crippen LogP contribution < -0.4 is 10.2 Å². The van der Waals surface area contributed by atoms with Gasteiger partial charge in [-0.3, -0.25) is 0 Å². The number of aromatic nitrogens is 1. The highest BCUT2D eigenvalue weighted by Crippen LogP contribution is 2.27. The minimum absolute atomic E-state index is 0.0177. The maximum Gasteiger partial charge on any atom is 0.142 e. The topological polar surface area (TPSA) is 50.5 Å². The van der Waals surface area contributed by atoms with Gasteiger partial charge in [0, 0.05) is 44.2 Å². The van der Waals surface area contributed by atoms with E-state index < -0.39 is 0 Å². The Hall–Kier alpha value is -1.85. The van der Waals surface area contributed by atoms with E-state index in [1.807, 2.05) is 0 Å². The van der Waals surface area contributed by atoms with Gasteiger partial charge < -0.3 is 19.5 Å². The maximum absolute atomic E-state index is 5.52. The van der Waals surface area contributed by atoms with E-state index in [-0.39, 0.29) is 11.0 Å². The van der Waals surface area contributed by atoms with Crippen LogP contribution in [-0.4, -0.2) is 38.0 Å². The lowest BCUT2D eigenvalue weighted by molar-refractivity contribution is -0.0755. The second-order valence-corrected chi connectivity index (χ2v) is 8.30. The SMILES string of the molecule is CN(C)c1ccc(CNC2(Cc3cc(C(C)(C)C)on3)COC2)cc1. The molecule has 1 aromatic heterocycles. The van der Waals surface area contributed by atoms with Crippen molar-refractivity contribution in [2.45, 2.75) is 44.7 Å². The standard InChI is InChI=1S/C20H29N3O2/c1-19(2,3)18-10-16(22-25-18)11-20(13-24-14-20)21-12-15-6-8-17(9-7-15)23(4)5/h6-10,21H,11-14H2,1-5H3. The van der Waals surface area contributed by atoms with Crippen molar-refractivity contribution in [1.29, 1.82) is 0 Å². The van der Waals surface area contributed by atoms with Crippen LogP contribution in [0.1, 0.15) is 37.8 Å². The molecular formula is C20H29N3O2. The second-order valence-electron chi connectivity index (χ2n) is 8.30. The molecule has 1 aliphatic heterocycles. The highest BCUT2D eigenvalue weighted by Gasteiger charge is 2.39. The lowest BCUT2D eigenvalue weighted by Gasteiger charge is -2.42. The van der Waals surface area contributed by atoms with Crippen LogP contribution in [0.15, 0.2) is 34.9 Å². The summed E-state index contributed by atoms with van der Waals surface area (Å²) in [6.07, 6.45) is 0.822. The Bertz CT molecular complexity index is 694. The van der Waals surface area contributed by atoms with Crippen LogP contribution in [-0.2, 0) is 23.1 Å². The highest BCUT2D eigenvalue weighted by atomic mass is 16.5. The van der Waals surface area contributed by atoms with Crippen molar-refractivity contribution in [3.63, 3.8) is 0 Å². The quantitative estimate of drug-likeness (QED) is 0.873. The number of nitrogens with zero attached hydrogens (tertiary/aromatic N) is 2.